The van der Waals surface area contributed by atoms with Gasteiger partial charge in [-0.15, -0.1) is 0 Å². The van der Waals surface area contributed by atoms with Gasteiger partial charge in [0.25, 0.3) is 0 Å². The number of nitrogens with one attached hydrogen (secondary N) is 1. The molecule has 1 aromatic carbocycles. The molecule has 0 fully saturated rings. The molecule has 4 rings (SSSR count). The summed E-state index contributed by atoms with van der Waals surface area (Å²) >= 11 is 5.91. The molecule has 0 aliphatic carbocycles. The average molecular weight is 327 g/mol. The highest BCUT2D eigenvalue weighted by Gasteiger charge is 2.19. The summed E-state index contributed by atoms with van der Waals surface area (Å²) in [7, 11) is 0. The van der Waals surface area contributed by atoms with E-state index in [1.165, 1.54) is 6.07 Å². The van der Waals surface area contributed by atoms with Crippen LogP contribution >= 0.6 is 11.6 Å². The SMILES string of the molecule is Fc1ccc(-c2ncccc2C2=CC3=NCNN3C=C2)cc1Cl. The number of benzene rings is 1. The van der Waals surface area contributed by atoms with Crippen LogP contribution in [0.3, 0.4) is 0 Å². The van der Waals surface area contributed by atoms with Crippen molar-refractivity contribution in [3.63, 3.8) is 0 Å². The van der Waals surface area contributed by atoms with Crippen LogP contribution in [0.5, 0.6) is 0 Å². The molecular weight excluding hydrogens is 315 g/mol. The van der Waals surface area contributed by atoms with Gasteiger partial charge in [0.1, 0.15) is 18.3 Å². The van der Waals surface area contributed by atoms with Crippen LogP contribution < -0.4 is 5.43 Å². The van der Waals surface area contributed by atoms with Crippen LogP contribution in [0.4, 0.5) is 4.39 Å². The minimum Gasteiger partial charge on any atom is -0.266 e. The quantitative estimate of drug-likeness (QED) is 0.916. The van der Waals surface area contributed by atoms with E-state index in [1.54, 1.807) is 18.3 Å². The summed E-state index contributed by atoms with van der Waals surface area (Å²) < 4.78 is 13.4. The highest BCUT2D eigenvalue weighted by molar-refractivity contribution is 6.31. The summed E-state index contributed by atoms with van der Waals surface area (Å²) in [5, 5.41) is 1.96. The van der Waals surface area contributed by atoms with E-state index < -0.39 is 5.82 Å². The van der Waals surface area contributed by atoms with Gasteiger partial charge in [-0.3, -0.25) is 9.99 Å². The molecule has 3 heterocycles. The van der Waals surface area contributed by atoms with E-state index >= 15 is 0 Å². The second-order valence-corrected chi connectivity index (χ2v) is 5.55. The van der Waals surface area contributed by atoms with Crippen LogP contribution in [0.1, 0.15) is 5.56 Å². The Balaban J connectivity index is 1.82. The Morgan fingerprint density at radius 3 is 3.04 bits per heavy atom. The normalized spacial score (nSPS) is 16.2. The van der Waals surface area contributed by atoms with Crippen LogP contribution in [0, 0.1) is 5.82 Å². The van der Waals surface area contributed by atoms with Crippen LogP contribution in [0.2, 0.25) is 5.02 Å². The molecule has 0 atom stereocenters. The maximum Gasteiger partial charge on any atom is 0.144 e. The number of aliphatic imine (C=N–C) groups is 1. The minimum absolute atomic E-state index is 0.0859. The highest BCUT2D eigenvalue weighted by Crippen LogP contribution is 2.31. The van der Waals surface area contributed by atoms with Gasteiger partial charge in [0, 0.05) is 23.5 Å². The fourth-order valence-electron chi connectivity index (χ4n) is 2.62. The molecule has 23 heavy (non-hydrogen) atoms. The number of hydrazine groups is 1. The van der Waals surface area contributed by atoms with Crippen molar-refractivity contribution in [1.29, 1.82) is 0 Å². The Morgan fingerprint density at radius 2 is 2.17 bits per heavy atom. The van der Waals surface area contributed by atoms with Crippen molar-refractivity contribution < 1.29 is 4.39 Å². The lowest BCUT2D eigenvalue weighted by atomic mass is 9.98. The van der Waals surface area contributed by atoms with Gasteiger partial charge in [0.2, 0.25) is 0 Å². The molecular formula is C17H12ClFN4. The Labute approximate surface area is 137 Å². The second kappa shape index (κ2) is 5.61. The van der Waals surface area contributed by atoms with Crippen molar-refractivity contribution in [3.8, 4) is 11.3 Å². The van der Waals surface area contributed by atoms with Crippen LogP contribution in [-0.4, -0.2) is 22.5 Å². The number of hydrogen-bond donors (Lipinski definition) is 1. The van der Waals surface area contributed by atoms with Gasteiger partial charge in [-0.05, 0) is 42.0 Å². The first kappa shape index (κ1) is 14.1. The summed E-state index contributed by atoms with van der Waals surface area (Å²) in [5.74, 6) is 0.418. The number of fused-ring (bicyclic) bond motifs is 1. The van der Waals surface area contributed by atoms with Crippen molar-refractivity contribution in [2.75, 3.05) is 6.67 Å². The maximum atomic E-state index is 13.4. The molecule has 0 spiro atoms. The van der Waals surface area contributed by atoms with Gasteiger partial charge in [-0.1, -0.05) is 17.7 Å². The number of nitrogens with zero attached hydrogens (tertiary/aromatic N) is 3. The van der Waals surface area contributed by atoms with Crippen LogP contribution in [-0.2, 0) is 0 Å². The second-order valence-electron chi connectivity index (χ2n) is 5.15. The molecule has 1 aromatic heterocycles. The average Bonchev–Trinajstić information content (AvgIpc) is 3.05. The van der Waals surface area contributed by atoms with Gasteiger partial charge in [-0.25, -0.2) is 14.8 Å². The number of halogens is 2. The molecule has 6 heteroatoms. The molecule has 0 unspecified atom stereocenters. The lowest BCUT2D eigenvalue weighted by molar-refractivity contribution is 0.453. The van der Waals surface area contributed by atoms with E-state index in [9.17, 15) is 4.39 Å². The topological polar surface area (TPSA) is 40.5 Å². The third-order valence-corrected chi connectivity index (χ3v) is 4.02. The first-order chi connectivity index (χ1) is 11.2. The molecule has 0 saturated carbocycles. The molecule has 4 nitrogen and oxygen atoms in total. The molecule has 0 radical (unpaired) electrons. The first-order valence-electron chi connectivity index (χ1n) is 7.10. The third kappa shape index (κ3) is 2.54. The summed E-state index contributed by atoms with van der Waals surface area (Å²) in [5.41, 5.74) is 6.58. The van der Waals surface area contributed by atoms with E-state index in [-0.39, 0.29) is 5.02 Å². The Kier molecular flexibility index (Phi) is 3.44. The van der Waals surface area contributed by atoms with Crippen molar-refractivity contribution in [3.05, 3.63) is 71.3 Å². The minimum atomic E-state index is -0.438. The van der Waals surface area contributed by atoms with E-state index in [2.05, 4.69) is 15.4 Å². The zero-order chi connectivity index (χ0) is 15.8. The Hall–Kier alpha value is -2.50. The predicted molar refractivity (Wildman–Crippen MR) is 89.0 cm³/mol. The van der Waals surface area contributed by atoms with E-state index in [4.69, 9.17) is 11.6 Å². The summed E-state index contributed by atoms with van der Waals surface area (Å²) in [4.78, 5) is 8.83. The molecule has 0 amide bonds. The van der Waals surface area contributed by atoms with E-state index in [1.807, 2.05) is 35.5 Å². The highest BCUT2D eigenvalue weighted by atomic mass is 35.5. The summed E-state index contributed by atoms with van der Waals surface area (Å²) in [6, 6.07) is 8.49. The number of amidine groups is 1. The Morgan fingerprint density at radius 1 is 1.26 bits per heavy atom. The Bertz CT molecular complexity index is 873. The summed E-state index contributed by atoms with van der Waals surface area (Å²) in [6.45, 7) is 0.566. The molecule has 2 aromatic rings. The molecule has 2 aliphatic rings. The van der Waals surface area contributed by atoms with Gasteiger partial charge in [0.05, 0.1) is 10.7 Å². The number of rotatable bonds is 2. The van der Waals surface area contributed by atoms with Crippen molar-refractivity contribution in [2.24, 2.45) is 4.99 Å². The van der Waals surface area contributed by atoms with Crippen molar-refractivity contribution in [1.82, 2.24) is 15.4 Å². The van der Waals surface area contributed by atoms with Gasteiger partial charge in [-0.2, -0.15) is 0 Å². The molecule has 1 N–H and O–H groups in total. The predicted octanol–water partition coefficient (Wildman–Crippen LogP) is 3.63. The number of hydrogen-bond acceptors (Lipinski definition) is 4. The first-order valence-corrected chi connectivity index (χ1v) is 7.48. The molecule has 2 aliphatic heterocycles. The molecule has 114 valence electrons. The standard InChI is InChI=1S/C17H12ClFN4/c18-14-8-12(3-4-15(14)19)17-13(2-1-6-20-17)11-5-7-23-16(9-11)21-10-22-23/h1-9,22H,10H2. The lowest BCUT2D eigenvalue weighted by Crippen LogP contribution is -2.32. The van der Waals surface area contributed by atoms with Gasteiger partial charge in [0.15, 0.2) is 0 Å². The third-order valence-electron chi connectivity index (χ3n) is 3.73. The van der Waals surface area contributed by atoms with E-state index in [0.29, 0.717) is 6.67 Å². The van der Waals surface area contributed by atoms with Crippen LogP contribution in [0.25, 0.3) is 16.8 Å². The maximum absolute atomic E-state index is 13.4. The lowest BCUT2D eigenvalue weighted by Gasteiger charge is -2.19. The zero-order valence-corrected chi connectivity index (χ0v) is 12.8. The largest absolute Gasteiger partial charge is 0.266 e. The number of allylic oxidation sites excluding steroid dienone is 2. The number of pyridine rings is 1. The molecule has 0 bridgehead atoms. The zero-order valence-electron chi connectivity index (χ0n) is 12.0. The van der Waals surface area contributed by atoms with E-state index in [0.717, 1.165) is 28.2 Å². The van der Waals surface area contributed by atoms with Gasteiger partial charge < -0.3 is 0 Å². The monoisotopic (exact) mass is 326 g/mol. The summed E-state index contributed by atoms with van der Waals surface area (Å²) in [6.07, 6.45) is 7.62. The fourth-order valence-corrected chi connectivity index (χ4v) is 2.80. The fraction of sp³-hybridized carbons (Fsp3) is 0.0588. The smallest absolute Gasteiger partial charge is 0.144 e. The van der Waals surface area contributed by atoms with Crippen LogP contribution in [0.15, 0.2) is 59.9 Å². The number of aromatic nitrogens is 1. The van der Waals surface area contributed by atoms with Crippen molar-refractivity contribution in [2.45, 2.75) is 0 Å². The van der Waals surface area contributed by atoms with Gasteiger partial charge >= 0.3 is 0 Å². The van der Waals surface area contributed by atoms with Crippen molar-refractivity contribution >= 4 is 23.0 Å². The molecule has 0 saturated heterocycles.